The van der Waals surface area contributed by atoms with Crippen LogP contribution in [-0.2, 0) is 1.66 Å². The van der Waals surface area contributed by atoms with Crippen molar-refractivity contribution in [2.75, 3.05) is 0 Å². The maximum absolute atomic E-state index is 2.02. The van der Waals surface area contributed by atoms with Crippen molar-refractivity contribution >= 4 is 75.2 Å². The van der Waals surface area contributed by atoms with Crippen LogP contribution in [0.5, 0.6) is 0 Å². The van der Waals surface area contributed by atoms with Crippen molar-refractivity contribution in [3.8, 4) is 0 Å². The molecule has 0 fully saturated rings. The van der Waals surface area contributed by atoms with Crippen LogP contribution in [-0.4, -0.2) is 75.2 Å². The zero-order chi connectivity index (χ0) is 5.45. The van der Waals surface area contributed by atoms with Crippen LogP contribution in [0.15, 0.2) is 0 Å². The second-order valence-corrected chi connectivity index (χ2v) is 124. The van der Waals surface area contributed by atoms with Crippen LogP contribution >= 0.6 is 0 Å². The molecule has 0 bridgehead atoms. The molecule has 0 saturated carbocycles. The summed E-state index contributed by atoms with van der Waals surface area (Å²) in [6.07, 6.45) is 0. The maximum atomic E-state index is 2.02. The summed E-state index contributed by atoms with van der Waals surface area (Å²) in [7, 11) is 0. The SMILES string of the molecule is [AsH2][Co]([AsH2])([AsH2])([AsH2])[AsH2]. The second kappa shape index (κ2) is 2.50. The van der Waals surface area contributed by atoms with Gasteiger partial charge in [-0.25, -0.2) is 0 Å². The minimum atomic E-state index is -0.725. The predicted octanol–water partition coefficient (Wildman–Crippen LogP) is -4.58. The van der Waals surface area contributed by atoms with E-state index in [2.05, 4.69) is 0 Å². The molecule has 0 saturated heterocycles. The van der Waals surface area contributed by atoms with Gasteiger partial charge in [-0.1, -0.05) is 0 Å². The van der Waals surface area contributed by atoms with Gasteiger partial charge in [-0.2, -0.15) is 0 Å². The second-order valence-electron chi connectivity index (χ2n) is 1.11. The molecule has 0 N–H and O–H groups in total. The Labute approximate surface area is 75.1 Å². The molecule has 6 heteroatoms. The third-order valence-corrected chi connectivity index (χ3v) is 0. The standard InChI is InChI=1S/5AsH2.Co/h5*1H2;/q5*-1;+5. The van der Waals surface area contributed by atoms with Gasteiger partial charge in [-0.05, 0) is 0 Å². The van der Waals surface area contributed by atoms with E-state index in [1.165, 1.54) is 0 Å². The van der Waals surface area contributed by atoms with Crippen molar-refractivity contribution in [1.29, 1.82) is 0 Å². The van der Waals surface area contributed by atoms with Gasteiger partial charge in [0.25, 0.3) is 0 Å². The van der Waals surface area contributed by atoms with E-state index in [1.807, 2.05) is 75.2 Å². The Bertz CT molecular complexity index is 37.1. The summed E-state index contributed by atoms with van der Waals surface area (Å²) in [5, 5.41) is 0. The Kier molecular flexibility index (Phi) is 3.87. The van der Waals surface area contributed by atoms with E-state index < -0.39 is 1.66 Å². The molecule has 0 aromatic carbocycles. The number of hydrogen-bond acceptors (Lipinski definition) is 0. The number of hydrogen-bond donors (Lipinski definition) is 0. The van der Waals surface area contributed by atoms with Gasteiger partial charge in [0.2, 0.25) is 0 Å². The third kappa shape index (κ3) is 26.6. The van der Waals surface area contributed by atoms with Crippen LogP contribution in [0, 0.1) is 0 Å². The third-order valence-electron chi connectivity index (χ3n) is 0. The van der Waals surface area contributed by atoms with E-state index in [-0.39, 0.29) is 0 Å². The molecule has 0 amide bonds. The topological polar surface area (TPSA) is 0 Å². The van der Waals surface area contributed by atoms with Gasteiger partial charge in [-0.15, -0.1) is 0 Å². The van der Waals surface area contributed by atoms with Crippen LogP contribution in [0.2, 0.25) is 0 Å². The monoisotopic (exact) mass is 444 g/mol. The zero-order valence-electron chi connectivity index (χ0n) is 3.22. The molecule has 0 rings (SSSR count). The van der Waals surface area contributed by atoms with E-state index in [0.717, 1.165) is 0 Å². The molecule has 0 aliphatic heterocycles. The van der Waals surface area contributed by atoms with Gasteiger partial charge in [0.15, 0.2) is 0 Å². The molecule has 0 aromatic rings. The van der Waals surface area contributed by atoms with Crippen LogP contribution in [0.1, 0.15) is 0 Å². The fourth-order valence-corrected chi connectivity index (χ4v) is 0. The summed E-state index contributed by atoms with van der Waals surface area (Å²) in [6, 6.07) is 0. The first-order valence-corrected chi connectivity index (χ1v) is 20.6. The Morgan fingerprint density at radius 1 is 0.667 bits per heavy atom. The Hall–Kier alpha value is 3.30. The van der Waals surface area contributed by atoms with E-state index in [4.69, 9.17) is 0 Å². The average molecular weight is 444 g/mol. The van der Waals surface area contributed by atoms with Crippen molar-refractivity contribution in [1.82, 2.24) is 0 Å². The summed E-state index contributed by atoms with van der Waals surface area (Å²) >= 11 is 10.1. The molecule has 6 heavy (non-hydrogen) atoms. The summed E-state index contributed by atoms with van der Waals surface area (Å²) in [6.45, 7) is 0. The van der Waals surface area contributed by atoms with Gasteiger partial charge in [0, 0.05) is 0 Å². The average Bonchev–Trinajstić information content (AvgIpc) is 0.650. The molecule has 0 nitrogen and oxygen atoms in total. The number of rotatable bonds is 0. The van der Waals surface area contributed by atoms with Crippen LogP contribution in [0.25, 0.3) is 0 Å². The quantitative estimate of drug-likeness (QED) is 0.331. The fraction of sp³-hybridized carbons (Fsp3) is 0. The van der Waals surface area contributed by atoms with Gasteiger partial charge >= 0.3 is 76.8 Å². The van der Waals surface area contributed by atoms with Crippen molar-refractivity contribution in [2.45, 2.75) is 0 Å². The first-order valence-electron chi connectivity index (χ1n) is 0.962. The molecule has 0 heterocycles. The van der Waals surface area contributed by atoms with Gasteiger partial charge in [0.1, 0.15) is 0 Å². The van der Waals surface area contributed by atoms with Crippen molar-refractivity contribution in [2.24, 2.45) is 0 Å². The normalized spacial score (nSPS) is 19.2. The molecule has 44 valence electrons. The summed E-state index contributed by atoms with van der Waals surface area (Å²) < 4.78 is -0.725. The molecule has 0 aliphatic rings. The Morgan fingerprint density at radius 2 is 0.667 bits per heavy atom. The summed E-state index contributed by atoms with van der Waals surface area (Å²) in [5.41, 5.74) is 0. The molecule has 0 aromatic heterocycles. The first kappa shape index (κ1) is 9.30. The van der Waals surface area contributed by atoms with Crippen molar-refractivity contribution in [3.05, 3.63) is 0 Å². The molecule has 0 spiro atoms. The van der Waals surface area contributed by atoms with Crippen LogP contribution in [0.3, 0.4) is 0 Å². The molecule has 5 unspecified atom stereocenters. The van der Waals surface area contributed by atoms with Gasteiger partial charge in [0.05, 0.1) is 0 Å². The van der Waals surface area contributed by atoms with E-state index in [9.17, 15) is 0 Å². The van der Waals surface area contributed by atoms with E-state index in [1.54, 1.807) is 0 Å². The van der Waals surface area contributed by atoms with Gasteiger partial charge in [-0.3, -0.25) is 0 Å². The Morgan fingerprint density at radius 3 is 0.667 bits per heavy atom. The van der Waals surface area contributed by atoms with Gasteiger partial charge < -0.3 is 0 Å². The first-order chi connectivity index (χ1) is 2.24. The summed E-state index contributed by atoms with van der Waals surface area (Å²) in [5.74, 6) is 0. The Balaban J connectivity index is 3.73. The van der Waals surface area contributed by atoms with E-state index >= 15 is 0 Å². The zero-order valence-corrected chi connectivity index (χ0v) is 16.4. The predicted molar refractivity (Wildman–Crippen MR) is 42.7 cm³/mol. The minimum absolute atomic E-state index is 0.725. The molecular formula is H10As5Co. The molecule has 0 radical (unpaired) electrons. The molecule has 5 atom stereocenters. The molecule has 0 aliphatic carbocycles. The fourth-order valence-electron chi connectivity index (χ4n) is 0. The van der Waals surface area contributed by atoms with Crippen molar-refractivity contribution in [3.63, 3.8) is 0 Å². The van der Waals surface area contributed by atoms with Crippen molar-refractivity contribution < 1.29 is 1.66 Å². The molecular weight excluding hydrogens is 434 g/mol. The summed E-state index contributed by atoms with van der Waals surface area (Å²) in [4.78, 5) is 0. The van der Waals surface area contributed by atoms with Crippen LogP contribution in [0.4, 0.5) is 0 Å². The van der Waals surface area contributed by atoms with E-state index in [0.29, 0.717) is 0 Å². The van der Waals surface area contributed by atoms with Crippen LogP contribution < -0.4 is 0 Å².